The lowest BCUT2D eigenvalue weighted by Crippen LogP contribution is -2.31. The molecule has 0 aliphatic heterocycles. The van der Waals surface area contributed by atoms with Crippen LogP contribution in [-0.2, 0) is 0 Å². The fourth-order valence-electron chi connectivity index (χ4n) is 3.16. The topological polar surface area (TPSA) is 56.2 Å². The number of nitrogens with one attached hydrogen (secondary N) is 1. The summed E-state index contributed by atoms with van der Waals surface area (Å²) in [5.74, 6) is 1.53. The lowest BCUT2D eigenvalue weighted by atomic mass is 10.1. The summed E-state index contributed by atoms with van der Waals surface area (Å²) in [6, 6.07) is 15.1. The third-order valence-corrected chi connectivity index (χ3v) is 4.38. The number of hydrogen-bond donors (Lipinski definition) is 1. The van der Waals surface area contributed by atoms with E-state index in [1.165, 1.54) is 0 Å². The summed E-state index contributed by atoms with van der Waals surface area (Å²) in [6.45, 7) is 7.52. The summed E-state index contributed by atoms with van der Waals surface area (Å²) in [6.07, 6.45) is 0.843. The summed E-state index contributed by atoms with van der Waals surface area (Å²) >= 11 is 0. The third kappa shape index (κ3) is 3.48. The molecule has 0 bridgehead atoms. The molecule has 2 aromatic carbocycles. The largest absolute Gasteiger partial charge is 0.494 e. The van der Waals surface area contributed by atoms with Gasteiger partial charge in [-0.15, -0.1) is 0 Å². The number of nitrogens with zero attached hydrogens (tertiary/aromatic N) is 2. The molecule has 0 radical (unpaired) electrons. The number of hydrogen-bond acceptors (Lipinski definition) is 4. The zero-order valence-electron chi connectivity index (χ0n) is 15.5. The van der Waals surface area contributed by atoms with Crippen molar-refractivity contribution >= 4 is 10.9 Å². The second-order valence-electron chi connectivity index (χ2n) is 6.07. The summed E-state index contributed by atoms with van der Waals surface area (Å²) < 4.78 is 7.24. The Balaban J connectivity index is 2.23. The summed E-state index contributed by atoms with van der Waals surface area (Å²) in [5.41, 5.74) is 1.47. The average molecular weight is 351 g/mol. The molecule has 26 heavy (non-hydrogen) atoms. The van der Waals surface area contributed by atoms with Crippen LogP contribution in [0.15, 0.2) is 53.3 Å². The maximum absolute atomic E-state index is 13.2. The zero-order valence-corrected chi connectivity index (χ0v) is 15.5. The van der Waals surface area contributed by atoms with Gasteiger partial charge in [-0.1, -0.05) is 26.0 Å². The molecule has 0 saturated carbocycles. The second-order valence-corrected chi connectivity index (χ2v) is 6.07. The van der Waals surface area contributed by atoms with Crippen LogP contribution in [0.2, 0.25) is 0 Å². The fourth-order valence-corrected chi connectivity index (χ4v) is 3.16. The van der Waals surface area contributed by atoms with E-state index in [4.69, 9.17) is 9.72 Å². The molecule has 1 atom stereocenters. The molecule has 0 saturated heterocycles. The summed E-state index contributed by atoms with van der Waals surface area (Å²) in [4.78, 5) is 18.1. The van der Waals surface area contributed by atoms with E-state index in [1.807, 2.05) is 55.5 Å². The second kappa shape index (κ2) is 8.15. The van der Waals surface area contributed by atoms with Gasteiger partial charge in [0.25, 0.3) is 5.56 Å². The van der Waals surface area contributed by atoms with Crippen LogP contribution in [0.25, 0.3) is 16.6 Å². The standard InChI is InChI=1S/C21H25N3O2/c1-4-18(22-5-2)20-23-19-10-8-7-9-17(19)21(25)24(20)15-11-13-16(14-12-15)26-6-3/h7-14,18,22H,4-6H2,1-3H3. The lowest BCUT2D eigenvalue weighted by Gasteiger charge is -2.21. The molecule has 0 amide bonds. The molecular weight excluding hydrogens is 326 g/mol. The van der Waals surface area contributed by atoms with Crippen LogP contribution in [0.5, 0.6) is 5.75 Å². The smallest absolute Gasteiger partial charge is 0.266 e. The van der Waals surface area contributed by atoms with Gasteiger partial charge in [0.1, 0.15) is 11.6 Å². The predicted octanol–water partition coefficient (Wildman–Crippen LogP) is 3.85. The van der Waals surface area contributed by atoms with Gasteiger partial charge >= 0.3 is 0 Å². The first-order valence-electron chi connectivity index (χ1n) is 9.17. The van der Waals surface area contributed by atoms with Crippen molar-refractivity contribution in [2.24, 2.45) is 0 Å². The monoisotopic (exact) mass is 351 g/mol. The van der Waals surface area contributed by atoms with Crippen LogP contribution < -0.4 is 15.6 Å². The highest BCUT2D eigenvalue weighted by molar-refractivity contribution is 5.77. The number of ether oxygens (including phenoxy) is 1. The molecule has 3 rings (SSSR count). The number of fused-ring (bicyclic) bond motifs is 1. The fraction of sp³-hybridized carbons (Fsp3) is 0.333. The van der Waals surface area contributed by atoms with Crippen molar-refractivity contribution in [1.29, 1.82) is 0 Å². The van der Waals surface area contributed by atoms with Gasteiger partial charge in [0.05, 0.1) is 29.2 Å². The van der Waals surface area contributed by atoms with Gasteiger partial charge in [0.15, 0.2) is 0 Å². The van der Waals surface area contributed by atoms with Crippen molar-refractivity contribution in [2.75, 3.05) is 13.2 Å². The minimum absolute atomic E-state index is 0.00359. The number of benzene rings is 2. The van der Waals surface area contributed by atoms with Gasteiger partial charge in [-0.2, -0.15) is 0 Å². The Morgan fingerprint density at radius 3 is 2.46 bits per heavy atom. The van der Waals surface area contributed by atoms with Crippen molar-refractivity contribution in [3.05, 3.63) is 64.7 Å². The van der Waals surface area contributed by atoms with Gasteiger partial charge in [-0.3, -0.25) is 9.36 Å². The van der Waals surface area contributed by atoms with Crippen LogP contribution in [0, 0.1) is 0 Å². The summed E-state index contributed by atoms with van der Waals surface area (Å²) in [7, 11) is 0. The molecule has 0 aliphatic carbocycles. The van der Waals surface area contributed by atoms with Crippen LogP contribution in [0.4, 0.5) is 0 Å². The molecule has 0 fully saturated rings. The van der Waals surface area contributed by atoms with Crippen molar-refractivity contribution in [3.8, 4) is 11.4 Å². The molecule has 5 heteroatoms. The average Bonchev–Trinajstić information content (AvgIpc) is 2.67. The molecule has 0 aliphatic rings. The number of rotatable bonds is 7. The zero-order chi connectivity index (χ0) is 18.5. The minimum Gasteiger partial charge on any atom is -0.494 e. The van der Waals surface area contributed by atoms with E-state index in [1.54, 1.807) is 4.57 Å². The number of para-hydroxylation sites is 1. The first kappa shape index (κ1) is 18.1. The van der Waals surface area contributed by atoms with Gasteiger partial charge in [-0.05, 0) is 56.3 Å². The Morgan fingerprint density at radius 2 is 1.81 bits per heavy atom. The highest BCUT2D eigenvalue weighted by Crippen LogP contribution is 2.22. The van der Waals surface area contributed by atoms with E-state index < -0.39 is 0 Å². The Hall–Kier alpha value is -2.66. The van der Waals surface area contributed by atoms with Crippen molar-refractivity contribution < 1.29 is 4.74 Å². The Labute approximate surface area is 153 Å². The van der Waals surface area contributed by atoms with E-state index in [2.05, 4.69) is 19.2 Å². The van der Waals surface area contributed by atoms with Gasteiger partial charge < -0.3 is 10.1 Å². The maximum Gasteiger partial charge on any atom is 0.266 e. The molecule has 1 N–H and O–H groups in total. The van der Waals surface area contributed by atoms with E-state index in [0.29, 0.717) is 12.0 Å². The molecule has 5 nitrogen and oxygen atoms in total. The van der Waals surface area contributed by atoms with Crippen molar-refractivity contribution in [3.63, 3.8) is 0 Å². The predicted molar refractivity (Wildman–Crippen MR) is 105 cm³/mol. The van der Waals surface area contributed by atoms with Crippen molar-refractivity contribution in [2.45, 2.75) is 33.2 Å². The van der Waals surface area contributed by atoms with Gasteiger partial charge in [0, 0.05) is 0 Å². The van der Waals surface area contributed by atoms with E-state index in [9.17, 15) is 4.79 Å². The molecule has 0 spiro atoms. The maximum atomic E-state index is 13.2. The van der Waals surface area contributed by atoms with Gasteiger partial charge in [-0.25, -0.2) is 4.98 Å². The highest BCUT2D eigenvalue weighted by atomic mass is 16.5. The van der Waals surface area contributed by atoms with Crippen LogP contribution >= 0.6 is 0 Å². The quantitative estimate of drug-likeness (QED) is 0.702. The molecule has 136 valence electrons. The lowest BCUT2D eigenvalue weighted by molar-refractivity contribution is 0.340. The SMILES string of the molecule is CCNC(CC)c1nc2ccccc2c(=O)n1-c1ccc(OCC)cc1. The first-order valence-corrected chi connectivity index (χ1v) is 9.17. The Bertz CT molecular complexity index is 932. The highest BCUT2D eigenvalue weighted by Gasteiger charge is 2.19. The van der Waals surface area contributed by atoms with Crippen molar-refractivity contribution in [1.82, 2.24) is 14.9 Å². The molecule has 1 heterocycles. The molecular formula is C21H25N3O2. The Kier molecular flexibility index (Phi) is 5.68. The minimum atomic E-state index is -0.0499. The molecule has 3 aromatic rings. The molecule has 1 aromatic heterocycles. The normalized spacial score (nSPS) is 12.3. The van der Waals surface area contributed by atoms with Crippen LogP contribution in [0.1, 0.15) is 39.1 Å². The first-order chi connectivity index (χ1) is 12.7. The molecule has 1 unspecified atom stereocenters. The van der Waals surface area contributed by atoms with Crippen LogP contribution in [-0.4, -0.2) is 22.7 Å². The number of aromatic nitrogens is 2. The Morgan fingerprint density at radius 1 is 1.08 bits per heavy atom. The van der Waals surface area contributed by atoms with Gasteiger partial charge in [0.2, 0.25) is 0 Å². The van der Waals surface area contributed by atoms with Crippen LogP contribution in [0.3, 0.4) is 0 Å². The van der Waals surface area contributed by atoms with E-state index in [0.717, 1.165) is 35.7 Å². The van der Waals surface area contributed by atoms with E-state index in [-0.39, 0.29) is 11.6 Å². The van der Waals surface area contributed by atoms with E-state index >= 15 is 0 Å². The third-order valence-electron chi connectivity index (χ3n) is 4.38. The summed E-state index contributed by atoms with van der Waals surface area (Å²) in [5, 5.41) is 4.06.